The van der Waals surface area contributed by atoms with Gasteiger partial charge in [-0.05, 0) is 52.6 Å². The first-order valence-corrected chi connectivity index (χ1v) is 17.1. The highest BCUT2D eigenvalue weighted by Crippen LogP contribution is 2.32. The number of imide groups is 3. The van der Waals surface area contributed by atoms with Gasteiger partial charge in [0.15, 0.2) is 0 Å². The first kappa shape index (κ1) is 37.3. The van der Waals surface area contributed by atoms with E-state index in [1.807, 2.05) is 36.4 Å². The molecule has 3 N–H and O–H groups in total. The molecule has 3 aliphatic rings. The molecule has 15 nitrogen and oxygen atoms in total. The van der Waals surface area contributed by atoms with Crippen LogP contribution in [0, 0.1) is 0 Å². The van der Waals surface area contributed by atoms with Gasteiger partial charge in [0.05, 0.1) is 0 Å². The minimum atomic E-state index is -1.21. The smallest absolute Gasteiger partial charge is 0.323 e. The lowest BCUT2D eigenvalue weighted by Crippen LogP contribution is -2.43. The first-order valence-electron chi connectivity index (χ1n) is 17.1. The fourth-order valence-corrected chi connectivity index (χ4v) is 7.08. The number of rotatable bonds is 6. The topological polar surface area (TPSA) is 224 Å². The predicted molar refractivity (Wildman–Crippen MR) is 201 cm³/mol. The number of nitrogens with zero attached hydrogens (tertiary/aromatic N) is 3. The number of carbonyl (C=O) groups is 9. The second-order valence-corrected chi connectivity index (χ2v) is 12.9. The number of hydrogen-bond donors (Lipinski definition) is 3. The van der Waals surface area contributed by atoms with Gasteiger partial charge < -0.3 is 15.3 Å². The first-order chi connectivity index (χ1) is 27.3. The molecule has 6 aromatic rings. The van der Waals surface area contributed by atoms with E-state index in [9.17, 15) is 43.2 Å². The maximum atomic E-state index is 12.2. The third-order valence-electron chi connectivity index (χ3n) is 9.45. The van der Waals surface area contributed by atoms with Gasteiger partial charge >= 0.3 is 17.9 Å². The Hall–Kier alpha value is -8.07. The van der Waals surface area contributed by atoms with Crippen molar-refractivity contribution < 1.29 is 58.5 Å². The molecule has 15 heteroatoms. The van der Waals surface area contributed by atoms with Gasteiger partial charge in [0.25, 0.3) is 35.4 Å². The van der Waals surface area contributed by atoms with Crippen LogP contribution in [0.5, 0.6) is 0 Å². The van der Waals surface area contributed by atoms with Crippen LogP contribution in [0.3, 0.4) is 0 Å². The van der Waals surface area contributed by atoms with Crippen molar-refractivity contribution in [1.29, 1.82) is 0 Å². The molecular weight excluding hydrogens is 738 g/mol. The number of hydrogen-bond acceptors (Lipinski definition) is 9. The third-order valence-corrected chi connectivity index (χ3v) is 9.45. The summed E-state index contributed by atoms with van der Waals surface area (Å²) in [6.07, 6.45) is 0. The molecule has 0 radical (unpaired) electrons. The van der Waals surface area contributed by atoms with Gasteiger partial charge in [-0.15, -0.1) is 0 Å². The molecule has 0 atom stereocenters. The SMILES string of the molecule is O=C(O)CN1C(=O)c2cccc3cccc(c23)C1=O.O=C(O)CN1C(=O)c2cccc3cccc(c23)C1=O.O=C(O)CN1C(=O)c2cccc3cccc(c23)C1=O. The van der Waals surface area contributed by atoms with E-state index in [1.165, 1.54) is 0 Å². The number of carboxylic acid groups (broad SMARTS) is 3. The molecule has 0 fully saturated rings. The van der Waals surface area contributed by atoms with Crippen molar-refractivity contribution in [2.45, 2.75) is 0 Å². The van der Waals surface area contributed by atoms with Crippen molar-refractivity contribution >= 4 is 85.7 Å². The van der Waals surface area contributed by atoms with Crippen LogP contribution in [0.25, 0.3) is 32.3 Å². The largest absolute Gasteiger partial charge is 0.480 e. The average Bonchev–Trinajstić information content (AvgIpc) is 3.20. The van der Waals surface area contributed by atoms with Gasteiger partial charge in [-0.1, -0.05) is 72.8 Å². The van der Waals surface area contributed by atoms with Gasteiger partial charge in [-0.3, -0.25) is 57.9 Å². The Kier molecular flexibility index (Phi) is 9.56. The summed E-state index contributed by atoms with van der Waals surface area (Å²) < 4.78 is 0. The van der Waals surface area contributed by atoms with Crippen LogP contribution in [-0.2, 0) is 14.4 Å². The molecule has 6 aromatic carbocycles. The number of carboxylic acids is 3. The summed E-state index contributed by atoms with van der Waals surface area (Å²) in [7, 11) is 0. The standard InChI is InChI=1S/3C14H9NO4/c3*16-11(17)7-15-13(18)9-5-1-3-8-4-2-6-10(12(8)9)14(15)19/h3*1-6H,7H2,(H,16,17). The van der Waals surface area contributed by atoms with E-state index in [-0.39, 0.29) is 0 Å². The van der Waals surface area contributed by atoms with Crippen molar-refractivity contribution in [3.05, 3.63) is 143 Å². The zero-order valence-electron chi connectivity index (χ0n) is 29.4. The van der Waals surface area contributed by atoms with Crippen LogP contribution in [0.15, 0.2) is 109 Å². The summed E-state index contributed by atoms with van der Waals surface area (Å²) in [6, 6.07) is 30.8. The van der Waals surface area contributed by atoms with E-state index < -0.39 is 73.0 Å². The molecule has 3 aliphatic heterocycles. The van der Waals surface area contributed by atoms with Crippen LogP contribution in [0.2, 0.25) is 0 Å². The van der Waals surface area contributed by atoms with Crippen molar-refractivity contribution in [2.24, 2.45) is 0 Å². The summed E-state index contributed by atoms with van der Waals surface area (Å²) in [5.74, 6) is -7.00. The van der Waals surface area contributed by atoms with Crippen LogP contribution in [0.1, 0.15) is 62.1 Å². The van der Waals surface area contributed by atoms with Crippen LogP contribution in [-0.4, -0.2) is 103 Å². The number of carbonyl (C=O) groups excluding carboxylic acids is 6. The average molecular weight is 766 g/mol. The Morgan fingerprint density at radius 2 is 0.509 bits per heavy atom. The van der Waals surface area contributed by atoms with E-state index in [1.54, 1.807) is 72.8 Å². The molecule has 9 rings (SSSR count). The van der Waals surface area contributed by atoms with Gasteiger partial charge in [0.2, 0.25) is 0 Å². The maximum Gasteiger partial charge on any atom is 0.323 e. The molecule has 0 saturated heterocycles. The Morgan fingerprint density at radius 1 is 0.333 bits per heavy atom. The van der Waals surface area contributed by atoms with E-state index in [4.69, 9.17) is 15.3 Å². The van der Waals surface area contributed by atoms with E-state index in [0.717, 1.165) is 30.9 Å². The Bertz CT molecular complexity index is 2360. The molecule has 0 unspecified atom stereocenters. The normalized spacial score (nSPS) is 14.0. The molecule has 57 heavy (non-hydrogen) atoms. The second-order valence-electron chi connectivity index (χ2n) is 12.9. The zero-order valence-corrected chi connectivity index (χ0v) is 29.4. The third kappa shape index (κ3) is 6.58. The van der Waals surface area contributed by atoms with Crippen molar-refractivity contribution in [3.8, 4) is 0 Å². The predicted octanol–water partition coefficient (Wildman–Crippen LogP) is 4.56. The van der Waals surface area contributed by atoms with Crippen LogP contribution in [0.4, 0.5) is 0 Å². The lowest BCUT2D eigenvalue weighted by atomic mass is 9.94. The fraction of sp³-hybridized carbons (Fsp3) is 0.0714. The minimum Gasteiger partial charge on any atom is -0.480 e. The molecule has 0 saturated carbocycles. The monoisotopic (exact) mass is 765 g/mol. The molecule has 0 aromatic heterocycles. The highest BCUT2D eigenvalue weighted by Gasteiger charge is 2.36. The minimum absolute atomic E-state index is 0.369. The summed E-state index contributed by atoms with van der Waals surface area (Å²) in [4.78, 5) is 108. The molecule has 0 aliphatic carbocycles. The molecular formula is C42H27N3O12. The number of amides is 6. The fourth-order valence-electron chi connectivity index (χ4n) is 7.08. The highest BCUT2D eigenvalue weighted by molar-refractivity contribution is 6.28. The molecule has 3 heterocycles. The Labute approximate surface area is 320 Å². The van der Waals surface area contributed by atoms with Crippen LogP contribution >= 0.6 is 0 Å². The number of benzene rings is 6. The summed E-state index contributed by atoms with van der Waals surface area (Å²) in [5, 5.41) is 30.6. The maximum absolute atomic E-state index is 12.2. The van der Waals surface area contributed by atoms with Gasteiger partial charge in [0, 0.05) is 49.5 Å². The second kappa shape index (κ2) is 14.6. The van der Waals surface area contributed by atoms with Crippen molar-refractivity contribution in [2.75, 3.05) is 19.6 Å². The summed E-state index contributed by atoms with van der Waals surface area (Å²) in [5.41, 5.74) is 2.22. The molecule has 0 bridgehead atoms. The van der Waals surface area contributed by atoms with E-state index in [0.29, 0.717) is 49.5 Å². The highest BCUT2D eigenvalue weighted by atomic mass is 16.4. The van der Waals surface area contributed by atoms with Gasteiger partial charge in [-0.2, -0.15) is 0 Å². The van der Waals surface area contributed by atoms with E-state index in [2.05, 4.69) is 0 Å². The van der Waals surface area contributed by atoms with Crippen molar-refractivity contribution in [3.63, 3.8) is 0 Å². The lowest BCUT2D eigenvalue weighted by molar-refractivity contribution is -0.138. The molecule has 282 valence electrons. The van der Waals surface area contributed by atoms with Crippen LogP contribution < -0.4 is 0 Å². The quantitative estimate of drug-likeness (QED) is 0.199. The Balaban J connectivity index is 0.000000131. The lowest BCUT2D eigenvalue weighted by Gasteiger charge is -2.25. The summed E-state index contributed by atoms with van der Waals surface area (Å²) >= 11 is 0. The zero-order chi connectivity index (χ0) is 40.7. The van der Waals surface area contributed by atoms with Gasteiger partial charge in [-0.25, -0.2) is 0 Å². The molecule has 0 spiro atoms. The van der Waals surface area contributed by atoms with Crippen molar-refractivity contribution in [1.82, 2.24) is 14.7 Å². The molecule has 6 amide bonds. The van der Waals surface area contributed by atoms with Gasteiger partial charge in [0.1, 0.15) is 19.6 Å². The summed E-state index contributed by atoms with van der Waals surface area (Å²) in [6.45, 7) is -1.87. The number of aliphatic carboxylic acids is 3. The Morgan fingerprint density at radius 3 is 0.667 bits per heavy atom. The van der Waals surface area contributed by atoms with E-state index >= 15 is 0 Å².